The third-order valence-corrected chi connectivity index (χ3v) is 3.99. The van der Waals surface area contributed by atoms with E-state index in [2.05, 4.69) is 25.8 Å². The maximum atomic E-state index is 13.1. The summed E-state index contributed by atoms with van der Waals surface area (Å²) in [5, 5.41) is 14.6. The fourth-order valence-corrected chi connectivity index (χ4v) is 2.62. The number of furan rings is 1. The summed E-state index contributed by atoms with van der Waals surface area (Å²) in [6.07, 6.45) is 4.58. The van der Waals surface area contributed by atoms with E-state index >= 15 is 0 Å². The Morgan fingerprint density at radius 3 is 2.69 bits per heavy atom. The number of nitrogens with one attached hydrogen (secondary N) is 1. The van der Waals surface area contributed by atoms with Gasteiger partial charge in [0, 0.05) is 17.7 Å². The van der Waals surface area contributed by atoms with Crippen molar-refractivity contribution in [3.8, 4) is 17.3 Å². The van der Waals surface area contributed by atoms with Crippen LogP contribution < -0.4 is 10.1 Å². The van der Waals surface area contributed by atoms with Crippen LogP contribution in [0.2, 0.25) is 0 Å². The number of methoxy groups -OCH3 is 1. The molecule has 1 amide bonds. The molecule has 0 spiro atoms. The molecule has 4 aromatic rings. The number of hydrogen-bond acceptors (Lipinski definition) is 7. The monoisotopic (exact) mass is 388 g/mol. The Morgan fingerprint density at radius 2 is 2.00 bits per heavy atom. The molecule has 0 aliphatic rings. The lowest BCUT2D eigenvalue weighted by Crippen LogP contribution is -2.19. The highest BCUT2D eigenvalue weighted by Crippen LogP contribution is 2.22. The van der Waals surface area contributed by atoms with E-state index in [9.17, 15) is 4.79 Å². The summed E-state index contributed by atoms with van der Waals surface area (Å²) in [5.74, 6) is 0.919. The van der Waals surface area contributed by atoms with Crippen molar-refractivity contribution in [3.63, 3.8) is 0 Å². The third kappa shape index (κ3) is 4.03. The van der Waals surface area contributed by atoms with E-state index in [0.29, 0.717) is 23.2 Å². The van der Waals surface area contributed by atoms with Gasteiger partial charge in [-0.15, -0.1) is 5.10 Å². The van der Waals surface area contributed by atoms with Gasteiger partial charge in [0.1, 0.15) is 11.5 Å². The van der Waals surface area contributed by atoms with Gasteiger partial charge in [0.15, 0.2) is 5.82 Å². The summed E-state index contributed by atoms with van der Waals surface area (Å²) in [4.78, 5) is 17.2. The minimum atomic E-state index is -0.433. The fraction of sp³-hybridized carbons (Fsp3) is 0.0500. The van der Waals surface area contributed by atoms with Crippen molar-refractivity contribution in [3.05, 3.63) is 72.8 Å². The summed E-state index contributed by atoms with van der Waals surface area (Å²) < 4.78 is 11.8. The van der Waals surface area contributed by atoms with E-state index in [1.165, 1.54) is 24.3 Å². The number of aromatic nitrogens is 5. The summed E-state index contributed by atoms with van der Waals surface area (Å²) in [5.41, 5.74) is 1.44. The quantitative estimate of drug-likeness (QED) is 0.506. The van der Waals surface area contributed by atoms with Crippen LogP contribution in [0.25, 0.3) is 23.2 Å². The second-order valence-electron chi connectivity index (χ2n) is 5.87. The highest BCUT2D eigenvalue weighted by atomic mass is 16.5. The van der Waals surface area contributed by atoms with Gasteiger partial charge in [0.05, 0.1) is 25.3 Å². The maximum absolute atomic E-state index is 13.1. The van der Waals surface area contributed by atoms with Gasteiger partial charge >= 0.3 is 0 Å². The van der Waals surface area contributed by atoms with Gasteiger partial charge in [0.25, 0.3) is 5.91 Å². The van der Waals surface area contributed by atoms with E-state index < -0.39 is 5.91 Å². The molecule has 3 aromatic heterocycles. The molecular weight excluding hydrogens is 372 g/mol. The number of anilines is 1. The van der Waals surface area contributed by atoms with Gasteiger partial charge in [0.2, 0.25) is 5.88 Å². The number of ether oxygens (including phenoxy) is 1. The Morgan fingerprint density at radius 1 is 1.14 bits per heavy atom. The first-order valence-corrected chi connectivity index (χ1v) is 8.65. The number of benzene rings is 1. The van der Waals surface area contributed by atoms with Crippen molar-refractivity contribution in [2.24, 2.45) is 0 Å². The molecule has 1 aromatic carbocycles. The van der Waals surface area contributed by atoms with Gasteiger partial charge < -0.3 is 14.5 Å². The molecule has 29 heavy (non-hydrogen) atoms. The van der Waals surface area contributed by atoms with Gasteiger partial charge in [-0.25, -0.2) is 4.98 Å². The minimum absolute atomic E-state index is 0.180. The number of tetrazole rings is 1. The van der Waals surface area contributed by atoms with Crippen LogP contribution in [0.4, 0.5) is 5.69 Å². The van der Waals surface area contributed by atoms with Crippen molar-refractivity contribution in [2.75, 3.05) is 12.4 Å². The van der Waals surface area contributed by atoms with Crippen molar-refractivity contribution in [1.29, 1.82) is 0 Å². The minimum Gasteiger partial charge on any atom is -0.481 e. The second kappa shape index (κ2) is 8.17. The Kier molecular flexibility index (Phi) is 5.10. The van der Waals surface area contributed by atoms with Crippen LogP contribution in [-0.2, 0) is 4.79 Å². The maximum Gasteiger partial charge on any atom is 0.274 e. The molecule has 9 heteroatoms. The summed E-state index contributed by atoms with van der Waals surface area (Å²) >= 11 is 0. The summed E-state index contributed by atoms with van der Waals surface area (Å²) in [6.45, 7) is 0. The number of hydrogen-bond donors (Lipinski definition) is 1. The Labute approximate surface area is 165 Å². The standard InChI is InChI=1S/C20H16N6O3/c1-28-18-10-9-15(13-21-18)22-20(27)17(12-16-8-5-11-29-16)26-19(23-24-25-26)14-6-3-2-4-7-14/h2-13H,1H3,(H,22,27). The average Bonchev–Trinajstić information content (AvgIpc) is 3.45. The van der Waals surface area contributed by atoms with E-state index in [4.69, 9.17) is 9.15 Å². The molecule has 0 saturated heterocycles. The predicted molar refractivity (Wildman–Crippen MR) is 106 cm³/mol. The van der Waals surface area contributed by atoms with Crippen LogP contribution in [0.3, 0.4) is 0 Å². The van der Waals surface area contributed by atoms with E-state index in [1.54, 1.807) is 30.3 Å². The van der Waals surface area contributed by atoms with Crippen LogP contribution in [0.1, 0.15) is 5.76 Å². The topological polar surface area (TPSA) is 108 Å². The molecule has 0 aliphatic heterocycles. The molecule has 1 N–H and O–H groups in total. The zero-order valence-electron chi connectivity index (χ0n) is 15.4. The first kappa shape index (κ1) is 18.1. The highest BCUT2D eigenvalue weighted by molar-refractivity contribution is 6.24. The van der Waals surface area contributed by atoms with Crippen molar-refractivity contribution in [2.45, 2.75) is 0 Å². The summed E-state index contributed by atoms with van der Waals surface area (Å²) in [7, 11) is 1.52. The molecule has 9 nitrogen and oxygen atoms in total. The predicted octanol–water partition coefficient (Wildman–Crippen LogP) is 2.97. The van der Waals surface area contributed by atoms with Crippen molar-refractivity contribution < 1.29 is 13.9 Å². The number of rotatable bonds is 6. The molecule has 0 unspecified atom stereocenters. The van der Waals surface area contributed by atoms with Gasteiger partial charge in [-0.05, 0) is 28.6 Å². The van der Waals surface area contributed by atoms with Crippen LogP contribution >= 0.6 is 0 Å². The van der Waals surface area contributed by atoms with Crippen LogP contribution in [0.15, 0.2) is 71.5 Å². The van der Waals surface area contributed by atoms with Crippen LogP contribution in [0, 0.1) is 0 Å². The molecule has 0 fully saturated rings. The molecule has 144 valence electrons. The molecule has 4 rings (SSSR count). The smallest absolute Gasteiger partial charge is 0.274 e. The Hall–Kier alpha value is -4.27. The second-order valence-corrected chi connectivity index (χ2v) is 5.87. The number of nitrogens with zero attached hydrogens (tertiary/aromatic N) is 5. The normalized spacial score (nSPS) is 11.3. The average molecular weight is 388 g/mol. The number of pyridine rings is 1. The first-order chi connectivity index (χ1) is 14.2. The van der Waals surface area contributed by atoms with Crippen molar-refractivity contribution >= 4 is 23.4 Å². The largest absolute Gasteiger partial charge is 0.481 e. The Bertz CT molecular complexity index is 1120. The SMILES string of the molecule is COc1ccc(NC(=O)C(=Cc2ccco2)n2nnnc2-c2ccccc2)cn1. The molecule has 0 atom stereocenters. The van der Waals surface area contributed by atoms with Gasteiger partial charge in [-0.1, -0.05) is 30.3 Å². The summed E-state index contributed by atoms with van der Waals surface area (Å²) in [6, 6.07) is 16.1. The zero-order valence-corrected chi connectivity index (χ0v) is 15.4. The highest BCUT2D eigenvalue weighted by Gasteiger charge is 2.20. The third-order valence-electron chi connectivity index (χ3n) is 3.99. The molecule has 0 radical (unpaired) electrons. The van der Waals surface area contributed by atoms with Gasteiger partial charge in [-0.2, -0.15) is 4.68 Å². The van der Waals surface area contributed by atoms with Crippen LogP contribution in [-0.4, -0.2) is 38.2 Å². The number of carbonyl (C=O) groups excluding carboxylic acids is 1. The molecular formula is C20H16N6O3. The Balaban J connectivity index is 1.72. The number of amides is 1. The van der Waals surface area contributed by atoms with Gasteiger partial charge in [-0.3, -0.25) is 4.79 Å². The first-order valence-electron chi connectivity index (χ1n) is 8.65. The lowest BCUT2D eigenvalue weighted by atomic mass is 10.2. The van der Waals surface area contributed by atoms with Crippen molar-refractivity contribution in [1.82, 2.24) is 25.2 Å². The lowest BCUT2D eigenvalue weighted by Gasteiger charge is -2.10. The fourth-order valence-electron chi connectivity index (χ4n) is 2.62. The van der Waals surface area contributed by atoms with E-state index in [0.717, 1.165) is 5.56 Å². The zero-order chi connectivity index (χ0) is 20.1. The molecule has 0 saturated carbocycles. The van der Waals surface area contributed by atoms with E-state index in [1.807, 2.05) is 30.3 Å². The molecule has 0 bridgehead atoms. The van der Waals surface area contributed by atoms with Crippen LogP contribution in [0.5, 0.6) is 5.88 Å². The molecule has 3 heterocycles. The lowest BCUT2D eigenvalue weighted by molar-refractivity contribution is -0.111. The van der Waals surface area contributed by atoms with E-state index in [-0.39, 0.29) is 5.70 Å². The molecule has 0 aliphatic carbocycles. The number of carbonyl (C=O) groups is 1.